The lowest BCUT2D eigenvalue weighted by atomic mass is 10.1. The Bertz CT molecular complexity index is 1190. The number of sulfonamides is 1. The molecule has 0 aliphatic carbocycles. The molecule has 2 rings (SSSR count). The lowest BCUT2D eigenvalue weighted by Gasteiger charge is -2.31. The summed E-state index contributed by atoms with van der Waals surface area (Å²) >= 11 is 6.04. The number of rotatable bonds is 10. The number of likely N-dealkylation sites (N-methyl/N-ethyl adjacent to an activating group) is 1. The molecule has 13 heteroatoms. The summed E-state index contributed by atoms with van der Waals surface area (Å²) in [5, 5.41) is 14.1. The van der Waals surface area contributed by atoms with Gasteiger partial charge in [-0.15, -0.1) is 0 Å². The molecule has 2 aromatic carbocycles. The first-order chi connectivity index (χ1) is 15.9. The van der Waals surface area contributed by atoms with Crippen molar-refractivity contribution in [3.8, 4) is 5.75 Å². The molecule has 0 saturated carbocycles. The van der Waals surface area contributed by atoms with E-state index in [0.717, 1.165) is 18.4 Å². The fourth-order valence-electron chi connectivity index (χ4n) is 3.21. The smallest absolute Gasteiger partial charge is 0.271 e. The third-order valence-electron chi connectivity index (χ3n) is 4.98. The Kier molecular flexibility index (Phi) is 8.82. The van der Waals surface area contributed by atoms with Crippen molar-refractivity contribution in [2.75, 3.05) is 31.3 Å². The highest BCUT2D eigenvalue weighted by Crippen LogP contribution is 2.33. The van der Waals surface area contributed by atoms with Crippen molar-refractivity contribution in [1.82, 2.24) is 10.2 Å². The lowest BCUT2D eigenvalue weighted by Crippen LogP contribution is -2.50. The summed E-state index contributed by atoms with van der Waals surface area (Å²) in [6.45, 7) is 0.746. The summed E-state index contributed by atoms with van der Waals surface area (Å²) in [4.78, 5) is 37.5. The van der Waals surface area contributed by atoms with Crippen LogP contribution in [0.25, 0.3) is 0 Å². The van der Waals surface area contributed by atoms with Crippen molar-refractivity contribution in [2.45, 2.75) is 19.5 Å². The molecule has 0 aromatic heterocycles. The van der Waals surface area contributed by atoms with Crippen molar-refractivity contribution in [1.29, 1.82) is 0 Å². The van der Waals surface area contributed by atoms with Gasteiger partial charge in [-0.2, -0.15) is 0 Å². The predicted octanol–water partition coefficient (Wildman–Crippen LogP) is 2.19. The number of nitro groups is 1. The second-order valence-electron chi connectivity index (χ2n) is 7.32. The maximum absolute atomic E-state index is 13.4. The molecule has 184 valence electrons. The number of nitrogens with zero attached hydrogens (tertiary/aromatic N) is 3. The zero-order chi connectivity index (χ0) is 25.6. The van der Waals surface area contributed by atoms with Crippen LogP contribution in [0.3, 0.4) is 0 Å². The van der Waals surface area contributed by atoms with Crippen molar-refractivity contribution >= 4 is 44.8 Å². The lowest BCUT2D eigenvalue weighted by molar-refractivity contribution is -0.384. The molecule has 0 fully saturated rings. The third kappa shape index (κ3) is 6.58. The van der Waals surface area contributed by atoms with Crippen LogP contribution in [0, 0.1) is 10.1 Å². The van der Waals surface area contributed by atoms with Gasteiger partial charge in [-0.1, -0.05) is 23.7 Å². The van der Waals surface area contributed by atoms with Crippen molar-refractivity contribution in [3.63, 3.8) is 0 Å². The SMILES string of the molecule is CNC(=O)[C@@H](C)N(Cc1cccc(Cl)c1)C(=O)CN(c1cc([N+](=O)[O-])ccc1OC)S(C)(=O)=O. The van der Waals surface area contributed by atoms with E-state index in [4.69, 9.17) is 16.3 Å². The van der Waals surface area contributed by atoms with E-state index in [0.29, 0.717) is 14.9 Å². The number of anilines is 1. The van der Waals surface area contributed by atoms with E-state index in [2.05, 4.69) is 5.32 Å². The highest BCUT2D eigenvalue weighted by Gasteiger charge is 2.31. The number of ether oxygens (including phenoxy) is 1. The molecule has 0 radical (unpaired) electrons. The number of nitro benzene ring substituents is 1. The first kappa shape index (κ1) is 26.9. The molecular weight excluding hydrogens is 488 g/mol. The Hall–Kier alpha value is -3.38. The summed E-state index contributed by atoms with van der Waals surface area (Å²) in [6, 6.07) is 9.12. The molecule has 2 aromatic rings. The molecule has 0 heterocycles. The number of hydrogen-bond donors (Lipinski definition) is 1. The molecule has 0 bridgehead atoms. The molecule has 0 aliphatic heterocycles. The summed E-state index contributed by atoms with van der Waals surface area (Å²) in [5.41, 5.74) is 0.0599. The number of methoxy groups -OCH3 is 1. The quantitative estimate of drug-likeness (QED) is 0.380. The first-order valence-corrected chi connectivity index (χ1v) is 12.2. The van der Waals surface area contributed by atoms with Crippen LogP contribution in [0.4, 0.5) is 11.4 Å². The fraction of sp³-hybridized carbons (Fsp3) is 0.333. The van der Waals surface area contributed by atoms with Gasteiger partial charge < -0.3 is 15.0 Å². The minimum atomic E-state index is -4.09. The monoisotopic (exact) mass is 512 g/mol. The molecule has 0 unspecified atom stereocenters. The standard InChI is InChI=1S/C21H25ClN4O7S/c1-14(21(28)23-2)24(12-15-6-5-7-16(22)10-15)20(27)13-25(34(4,31)32)18-11-17(26(29)30)8-9-19(18)33-3/h5-11,14H,12-13H2,1-4H3,(H,23,28)/t14-/m1/s1. The summed E-state index contributed by atoms with van der Waals surface area (Å²) in [5.74, 6) is -1.16. The van der Waals surface area contributed by atoms with E-state index < -0.39 is 39.3 Å². The van der Waals surface area contributed by atoms with Gasteiger partial charge in [0.1, 0.15) is 24.0 Å². The van der Waals surface area contributed by atoms with E-state index >= 15 is 0 Å². The summed E-state index contributed by atoms with van der Waals surface area (Å²) in [7, 11) is -1.41. The number of nitrogens with one attached hydrogen (secondary N) is 1. The highest BCUT2D eigenvalue weighted by atomic mass is 35.5. The fourth-order valence-corrected chi connectivity index (χ4v) is 4.26. The molecular formula is C21H25ClN4O7S. The van der Waals surface area contributed by atoms with E-state index in [1.54, 1.807) is 24.3 Å². The first-order valence-electron chi connectivity index (χ1n) is 9.94. The van der Waals surface area contributed by atoms with Crippen LogP contribution in [0.1, 0.15) is 12.5 Å². The number of hydrogen-bond acceptors (Lipinski definition) is 7. The van der Waals surface area contributed by atoms with Gasteiger partial charge >= 0.3 is 0 Å². The van der Waals surface area contributed by atoms with Gasteiger partial charge in [0.05, 0.1) is 18.3 Å². The van der Waals surface area contributed by atoms with Crippen LogP contribution in [0.2, 0.25) is 5.02 Å². The average Bonchev–Trinajstić information content (AvgIpc) is 2.78. The van der Waals surface area contributed by atoms with Crippen LogP contribution >= 0.6 is 11.6 Å². The maximum atomic E-state index is 13.4. The van der Waals surface area contributed by atoms with E-state index in [9.17, 15) is 28.1 Å². The normalized spacial score (nSPS) is 11.9. The van der Waals surface area contributed by atoms with E-state index in [1.165, 1.54) is 32.0 Å². The summed E-state index contributed by atoms with van der Waals surface area (Å²) in [6.07, 6.45) is 0.863. The van der Waals surface area contributed by atoms with Crippen molar-refractivity contribution < 1.29 is 27.7 Å². The van der Waals surface area contributed by atoms with E-state index in [1.807, 2.05) is 0 Å². The Morgan fingerprint density at radius 2 is 1.91 bits per heavy atom. The average molecular weight is 513 g/mol. The third-order valence-corrected chi connectivity index (χ3v) is 6.34. The number of non-ortho nitro benzene ring substituents is 1. The Morgan fingerprint density at radius 3 is 2.44 bits per heavy atom. The van der Waals surface area contributed by atoms with Gasteiger partial charge in [0.25, 0.3) is 5.69 Å². The highest BCUT2D eigenvalue weighted by molar-refractivity contribution is 7.92. The largest absolute Gasteiger partial charge is 0.495 e. The van der Waals surface area contributed by atoms with Gasteiger partial charge in [-0.25, -0.2) is 8.42 Å². The van der Waals surface area contributed by atoms with E-state index in [-0.39, 0.29) is 23.7 Å². The van der Waals surface area contributed by atoms with Crippen molar-refractivity contribution in [3.05, 3.63) is 63.2 Å². The van der Waals surface area contributed by atoms with Gasteiger partial charge in [0, 0.05) is 30.7 Å². The van der Waals surface area contributed by atoms with Crippen LogP contribution in [0.15, 0.2) is 42.5 Å². The van der Waals surface area contributed by atoms with Crippen LogP contribution in [-0.4, -0.2) is 63.1 Å². The molecule has 2 amide bonds. The number of benzene rings is 2. The minimum absolute atomic E-state index is 0.0181. The zero-order valence-electron chi connectivity index (χ0n) is 19.0. The molecule has 1 atom stereocenters. The Labute approximate surface area is 202 Å². The van der Waals surface area contributed by atoms with Crippen LogP contribution < -0.4 is 14.4 Å². The van der Waals surface area contributed by atoms with Crippen molar-refractivity contribution in [2.24, 2.45) is 0 Å². The maximum Gasteiger partial charge on any atom is 0.271 e. The van der Waals surface area contributed by atoms with Gasteiger partial charge in [0.15, 0.2) is 0 Å². The molecule has 34 heavy (non-hydrogen) atoms. The molecule has 11 nitrogen and oxygen atoms in total. The zero-order valence-corrected chi connectivity index (χ0v) is 20.6. The predicted molar refractivity (Wildman–Crippen MR) is 127 cm³/mol. The van der Waals surface area contributed by atoms with Crippen LogP contribution in [0.5, 0.6) is 5.75 Å². The van der Waals surface area contributed by atoms with Gasteiger partial charge in [-0.3, -0.25) is 24.0 Å². The molecule has 0 aliphatic rings. The minimum Gasteiger partial charge on any atom is -0.495 e. The topological polar surface area (TPSA) is 139 Å². The number of carbonyl (C=O) groups is 2. The van der Waals surface area contributed by atoms with Gasteiger partial charge in [0.2, 0.25) is 21.8 Å². The number of halogens is 1. The molecule has 1 N–H and O–H groups in total. The second-order valence-corrected chi connectivity index (χ2v) is 9.67. The summed E-state index contributed by atoms with van der Waals surface area (Å²) < 4.78 is 31.2. The Morgan fingerprint density at radius 1 is 1.24 bits per heavy atom. The molecule has 0 spiro atoms. The number of carbonyl (C=O) groups excluding carboxylic acids is 2. The van der Waals surface area contributed by atoms with Crippen LogP contribution in [-0.2, 0) is 26.2 Å². The Balaban J connectivity index is 2.51. The number of amides is 2. The second kappa shape index (κ2) is 11.2. The van der Waals surface area contributed by atoms with Gasteiger partial charge in [-0.05, 0) is 30.7 Å². The molecule has 0 saturated heterocycles.